The molecule has 0 saturated heterocycles. The highest BCUT2D eigenvalue weighted by atomic mass is 15.1. The molecule has 0 saturated carbocycles. The predicted molar refractivity (Wildman–Crippen MR) is 75.2 cm³/mol. The first-order valence-electron chi connectivity index (χ1n) is 6.62. The summed E-state index contributed by atoms with van der Waals surface area (Å²) in [5, 5.41) is 0. The number of imidazole rings is 1. The molecule has 1 aromatic carbocycles. The Morgan fingerprint density at radius 1 is 1.28 bits per heavy atom. The van der Waals surface area contributed by atoms with E-state index >= 15 is 0 Å². The fourth-order valence-corrected chi connectivity index (χ4v) is 2.61. The molecule has 0 radical (unpaired) electrons. The van der Waals surface area contributed by atoms with Gasteiger partial charge in [-0.1, -0.05) is 43.3 Å². The van der Waals surface area contributed by atoms with Crippen molar-refractivity contribution in [2.45, 2.75) is 26.8 Å². The Bertz CT molecular complexity index is 579. The molecule has 1 unspecified atom stereocenters. The van der Waals surface area contributed by atoms with Crippen LogP contribution in [0.15, 0.2) is 36.4 Å². The molecule has 0 aliphatic heterocycles. The molecule has 2 aromatic rings. The van der Waals surface area contributed by atoms with Crippen LogP contribution < -0.4 is 0 Å². The van der Waals surface area contributed by atoms with Crippen LogP contribution in [0.25, 0.3) is 17.5 Å². The lowest BCUT2D eigenvalue weighted by Crippen LogP contribution is -2.06. The minimum absolute atomic E-state index is 0.598. The molecule has 0 fully saturated rings. The summed E-state index contributed by atoms with van der Waals surface area (Å²) in [6, 6.07) is 10.5. The van der Waals surface area contributed by atoms with Gasteiger partial charge in [0.2, 0.25) is 0 Å². The summed E-state index contributed by atoms with van der Waals surface area (Å²) in [7, 11) is 0. The smallest absolute Gasteiger partial charge is 0.140 e. The van der Waals surface area contributed by atoms with Gasteiger partial charge in [-0.15, -0.1) is 0 Å². The Labute approximate surface area is 108 Å². The van der Waals surface area contributed by atoms with E-state index in [-0.39, 0.29) is 0 Å². The number of hydrogen-bond donors (Lipinski definition) is 0. The van der Waals surface area contributed by atoms with E-state index < -0.39 is 0 Å². The predicted octanol–water partition coefficient (Wildman–Crippen LogP) is 3.78. The van der Waals surface area contributed by atoms with E-state index in [1.807, 2.05) is 6.07 Å². The van der Waals surface area contributed by atoms with Gasteiger partial charge in [0.15, 0.2) is 0 Å². The van der Waals surface area contributed by atoms with Gasteiger partial charge in [0.1, 0.15) is 5.82 Å². The average molecular weight is 238 g/mol. The Hall–Kier alpha value is -1.83. The highest BCUT2D eigenvalue weighted by Crippen LogP contribution is 2.28. The van der Waals surface area contributed by atoms with Gasteiger partial charge >= 0.3 is 0 Å². The van der Waals surface area contributed by atoms with E-state index in [9.17, 15) is 0 Å². The molecule has 3 rings (SSSR count). The number of nitrogens with zero attached hydrogens (tertiary/aromatic N) is 2. The third kappa shape index (κ3) is 1.78. The second kappa shape index (κ2) is 4.45. The van der Waals surface area contributed by atoms with Gasteiger partial charge in [0.25, 0.3) is 0 Å². The molecule has 0 spiro atoms. The van der Waals surface area contributed by atoms with E-state index in [4.69, 9.17) is 4.98 Å². The molecule has 2 heteroatoms. The number of benzene rings is 1. The quantitative estimate of drug-likeness (QED) is 0.778. The summed E-state index contributed by atoms with van der Waals surface area (Å²) in [5.41, 5.74) is 3.73. The Balaban J connectivity index is 2.15. The standard InChI is InChI=1S/C16H18N2/c1-3-18-15-10-9-12(2)11-14(15)17-16(18)13-7-5-4-6-8-13/h4-10,12H,3,11H2,1-2H3. The molecule has 1 aliphatic carbocycles. The maximum Gasteiger partial charge on any atom is 0.140 e. The van der Waals surface area contributed by atoms with Crippen molar-refractivity contribution < 1.29 is 0 Å². The molecule has 18 heavy (non-hydrogen) atoms. The van der Waals surface area contributed by atoms with E-state index in [1.165, 1.54) is 17.0 Å². The zero-order valence-corrected chi connectivity index (χ0v) is 10.9. The van der Waals surface area contributed by atoms with E-state index in [0.29, 0.717) is 5.92 Å². The van der Waals surface area contributed by atoms with Gasteiger partial charge in [-0.05, 0) is 25.3 Å². The Kier molecular flexibility index (Phi) is 2.78. The minimum Gasteiger partial charge on any atom is -0.325 e. The first-order chi connectivity index (χ1) is 8.79. The third-order valence-electron chi connectivity index (χ3n) is 3.53. The van der Waals surface area contributed by atoms with E-state index in [1.54, 1.807) is 0 Å². The second-order valence-corrected chi connectivity index (χ2v) is 4.92. The average Bonchev–Trinajstić information content (AvgIpc) is 2.77. The molecule has 2 nitrogen and oxygen atoms in total. The number of fused-ring (bicyclic) bond motifs is 1. The number of allylic oxidation sites excluding steroid dienone is 1. The highest BCUT2D eigenvalue weighted by molar-refractivity contribution is 5.62. The van der Waals surface area contributed by atoms with Crippen molar-refractivity contribution in [1.29, 1.82) is 0 Å². The largest absolute Gasteiger partial charge is 0.325 e. The zero-order chi connectivity index (χ0) is 12.5. The van der Waals surface area contributed by atoms with Crippen molar-refractivity contribution >= 4 is 6.08 Å². The lowest BCUT2D eigenvalue weighted by Gasteiger charge is -2.12. The second-order valence-electron chi connectivity index (χ2n) is 4.92. The normalized spacial score (nSPS) is 17.8. The zero-order valence-electron chi connectivity index (χ0n) is 10.9. The van der Waals surface area contributed by atoms with Crippen molar-refractivity contribution in [2.75, 3.05) is 0 Å². The van der Waals surface area contributed by atoms with Crippen LogP contribution in [0.4, 0.5) is 0 Å². The SMILES string of the molecule is CCn1c(-c2ccccc2)nc2c1C=CC(C)C2. The summed E-state index contributed by atoms with van der Waals surface area (Å²) >= 11 is 0. The fraction of sp³-hybridized carbons (Fsp3) is 0.312. The third-order valence-corrected chi connectivity index (χ3v) is 3.53. The molecule has 0 N–H and O–H groups in total. The number of aromatic nitrogens is 2. The van der Waals surface area contributed by atoms with Gasteiger partial charge < -0.3 is 4.57 Å². The minimum atomic E-state index is 0.598. The summed E-state index contributed by atoms with van der Waals surface area (Å²) in [6.45, 7) is 5.39. The van der Waals surface area contributed by atoms with Crippen LogP contribution in [0.1, 0.15) is 25.2 Å². The molecule has 1 heterocycles. The maximum absolute atomic E-state index is 4.85. The summed E-state index contributed by atoms with van der Waals surface area (Å²) in [6.07, 6.45) is 5.57. The molecule has 92 valence electrons. The molecular formula is C16H18N2. The van der Waals surface area contributed by atoms with Crippen LogP contribution in [0.3, 0.4) is 0 Å². The number of hydrogen-bond acceptors (Lipinski definition) is 1. The van der Waals surface area contributed by atoms with Crippen LogP contribution >= 0.6 is 0 Å². The summed E-state index contributed by atoms with van der Waals surface area (Å²) in [5.74, 6) is 1.70. The molecule has 0 amide bonds. The highest BCUT2D eigenvalue weighted by Gasteiger charge is 2.19. The Morgan fingerprint density at radius 3 is 2.78 bits per heavy atom. The van der Waals surface area contributed by atoms with Crippen molar-refractivity contribution in [3.63, 3.8) is 0 Å². The van der Waals surface area contributed by atoms with Crippen LogP contribution in [0, 0.1) is 5.92 Å². The molecule has 1 aromatic heterocycles. The van der Waals surface area contributed by atoms with Crippen LogP contribution in [0.2, 0.25) is 0 Å². The van der Waals surface area contributed by atoms with Crippen LogP contribution in [-0.4, -0.2) is 9.55 Å². The molecule has 1 atom stereocenters. The van der Waals surface area contributed by atoms with Crippen molar-refractivity contribution in [2.24, 2.45) is 5.92 Å². The first-order valence-corrected chi connectivity index (χ1v) is 6.62. The summed E-state index contributed by atoms with van der Waals surface area (Å²) in [4.78, 5) is 4.85. The van der Waals surface area contributed by atoms with Gasteiger partial charge in [0, 0.05) is 12.1 Å². The molecule has 1 aliphatic rings. The first kappa shape index (κ1) is 11.3. The molecular weight excluding hydrogens is 220 g/mol. The van der Waals surface area contributed by atoms with Crippen LogP contribution in [-0.2, 0) is 13.0 Å². The lowest BCUT2D eigenvalue weighted by molar-refractivity contribution is 0.693. The summed E-state index contributed by atoms with van der Waals surface area (Å²) < 4.78 is 2.31. The van der Waals surface area contributed by atoms with Crippen molar-refractivity contribution in [3.8, 4) is 11.4 Å². The van der Waals surface area contributed by atoms with Crippen LogP contribution in [0.5, 0.6) is 0 Å². The number of rotatable bonds is 2. The monoisotopic (exact) mass is 238 g/mol. The van der Waals surface area contributed by atoms with Crippen molar-refractivity contribution in [1.82, 2.24) is 9.55 Å². The maximum atomic E-state index is 4.85. The van der Waals surface area contributed by atoms with Gasteiger partial charge in [0.05, 0.1) is 11.4 Å². The van der Waals surface area contributed by atoms with Gasteiger partial charge in [-0.25, -0.2) is 4.98 Å². The topological polar surface area (TPSA) is 17.8 Å². The van der Waals surface area contributed by atoms with Gasteiger partial charge in [-0.2, -0.15) is 0 Å². The van der Waals surface area contributed by atoms with E-state index in [2.05, 4.69) is 54.8 Å². The van der Waals surface area contributed by atoms with E-state index in [0.717, 1.165) is 18.8 Å². The van der Waals surface area contributed by atoms with Gasteiger partial charge in [-0.3, -0.25) is 0 Å². The fourth-order valence-electron chi connectivity index (χ4n) is 2.61. The molecule has 0 bridgehead atoms. The Morgan fingerprint density at radius 2 is 2.06 bits per heavy atom. The lowest BCUT2D eigenvalue weighted by atomic mass is 9.98. The van der Waals surface area contributed by atoms with Crippen molar-refractivity contribution in [3.05, 3.63) is 47.8 Å².